The summed E-state index contributed by atoms with van der Waals surface area (Å²) in [5.74, 6) is 0.660. The third kappa shape index (κ3) is 2.89. The first kappa shape index (κ1) is 13.6. The van der Waals surface area contributed by atoms with E-state index in [0.717, 1.165) is 12.1 Å². The highest BCUT2D eigenvalue weighted by molar-refractivity contribution is 5.46. The monoisotopic (exact) mass is 280 g/mol. The fourth-order valence-corrected chi connectivity index (χ4v) is 2.36. The van der Waals surface area contributed by atoms with E-state index in [9.17, 15) is 0 Å². The SMILES string of the molecule is CCc1ccc(C(C)Nc2nc3cc(C)ccn3n2)cc1. The molecule has 0 radical (unpaired) electrons. The number of aryl methyl sites for hydroxylation is 2. The predicted molar refractivity (Wildman–Crippen MR) is 85.6 cm³/mol. The molecule has 2 heterocycles. The molecule has 0 saturated carbocycles. The zero-order chi connectivity index (χ0) is 14.8. The predicted octanol–water partition coefficient (Wildman–Crippen LogP) is 3.77. The topological polar surface area (TPSA) is 42.2 Å². The lowest BCUT2D eigenvalue weighted by molar-refractivity contribution is 0.851. The molecule has 0 spiro atoms. The third-order valence-corrected chi connectivity index (χ3v) is 3.73. The van der Waals surface area contributed by atoms with E-state index in [1.165, 1.54) is 16.7 Å². The van der Waals surface area contributed by atoms with Crippen LogP contribution in [0.5, 0.6) is 0 Å². The molecule has 0 aliphatic heterocycles. The minimum atomic E-state index is 0.175. The summed E-state index contributed by atoms with van der Waals surface area (Å²) in [5, 5.41) is 7.81. The summed E-state index contributed by atoms with van der Waals surface area (Å²) in [6.45, 7) is 6.34. The van der Waals surface area contributed by atoms with Crippen molar-refractivity contribution in [1.82, 2.24) is 14.6 Å². The number of fused-ring (bicyclic) bond motifs is 1. The van der Waals surface area contributed by atoms with Gasteiger partial charge in [0, 0.05) is 6.20 Å². The average molecular weight is 280 g/mol. The molecule has 4 nitrogen and oxygen atoms in total. The minimum Gasteiger partial charge on any atom is -0.346 e. The van der Waals surface area contributed by atoms with Crippen molar-refractivity contribution >= 4 is 11.6 Å². The van der Waals surface area contributed by atoms with Gasteiger partial charge in [0.15, 0.2) is 5.65 Å². The van der Waals surface area contributed by atoms with Gasteiger partial charge in [-0.05, 0) is 49.1 Å². The average Bonchev–Trinajstić information content (AvgIpc) is 2.88. The summed E-state index contributed by atoms with van der Waals surface area (Å²) < 4.78 is 1.79. The minimum absolute atomic E-state index is 0.175. The van der Waals surface area contributed by atoms with Crippen LogP contribution in [0.2, 0.25) is 0 Å². The first-order valence-electron chi connectivity index (χ1n) is 7.34. The Morgan fingerprint density at radius 2 is 1.95 bits per heavy atom. The number of rotatable bonds is 4. The quantitative estimate of drug-likeness (QED) is 0.791. The van der Waals surface area contributed by atoms with Crippen LogP contribution in [-0.4, -0.2) is 14.6 Å². The van der Waals surface area contributed by atoms with Gasteiger partial charge in [-0.1, -0.05) is 31.2 Å². The Hall–Kier alpha value is -2.36. The van der Waals surface area contributed by atoms with Gasteiger partial charge in [-0.2, -0.15) is 4.98 Å². The van der Waals surface area contributed by atoms with E-state index in [-0.39, 0.29) is 6.04 Å². The van der Waals surface area contributed by atoms with E-state index in [2.05, 4.69) is 60.4 Å². The number of nitrogens with one attached hydrogen (secondary N) is 1. The molecule has 3 aromatic rings. The summed E-state index contributed by atoms with van der Waals surface area (Å²) in [6.07, 6.45) is 3.00. The maximum Gasteiger partial charge on any atom is 0.243 e. The second-order valence-electron chi connectivity index (χ2n) is 5.40. The fraction of sp³-hybridized carbons (Fsp3) is 0.294. The van der Waals surface area contributed by atoms with E-state index in [1.54, 1.807) is 4.52 Å². The van der Waals surface area contributed by atoms with E-state index < -0.39 is 0 Å². The molecule has 21 heavy (non-hydrogen) atoms. The molecule has 1 N–H and O–H groups in total. The number of anilines is 1. The van der Waals surface area contributed by atoms with Gasteiger partial charge in [-0.25, -0.2) is 4.52 Å². The Morgan fingerprint density at radius 1 is 1.19 bits per heavy atom. The molecule has 0 saturated heterocycles. The van der Waals surface area contributed by atoms with Crippen molar-refractivity contribution in [3.05, 3.63) is 59.3 Å². The molecule has 1 unspecified atom stereocenters. The Labute approximate surface area is 124 Å². The van der Waals surface area contributed by atoms with Crippen molar-refractivity contribution in [2.24, 2.45) is 0 Å². The highest BCUT2D eigenvalue weighted by Crippen LogP contribution is 2.18. The van der Waals surface area contributed by atoms with Gasteiger partial charge < -0.3 is 5.32 Å². The summed E-state index contributed by atoms with van der Waals surface area (Å²) >= 11 is 0. The van der Waals surface area contributed by atoms with E-state index >= 15 is 0 Å². The van der Waals surface area contributed by atoms with E-state index in [4.69, 9.17) is 0 Å². The van der Waals surface area contributed by atoms with Crippen LogP contribution in [0, 0.1) is 6.92 Å². The number of benzene rings is 1. The van der Waals surface area contributed by atoms with Gasteiger partial charge in [0.1, 0.15) is 0 Å². The summed E-state index contributed by atoms with van der Waals surface area (Å²) in [5.41, 5.74) is 4.64. The molecule has 2 aromatic heterocycles. The van der Waals surface area contributed by atoms with Crippen molar-refractivity contribution in [3.63, 3.8) is 0 Å². The molecular weight excluding hydrogens is 260 g/mol. The van der Waals surface area contributed by atoms with Crippen molar-refractivity contribution in [3.8, 4) is 0 Å². The maximum atomic E-state index is 4.51. The number of hydrogen-bond donors (Lipinski definition) is 1. The smallest absolute Gasteiger partial charge is 0.243 e. The Bertz CT molecular complexity index is 743. The van der Waals surface area contributed by atoms with E-state index in [1.807, 2.05) is 18.3 Å². The molecule has 0 bridgehead atoms. The number of aromatic nitrogens is 3. The highest BCUT2D eigenvalue weighted by atomic mass is 15.3. The van der Waals surface area contributed by atoms with Gasteiger partial charge >= 0.3 is 0 Å². The zero-order valence-corrected chi connectivity index (χ0v) is 12.7. The van der Waals surface area contributed by atoms with E-state index in [0.29, 0.717) is 5.95 Å². The maximum absolute atomic E-state index is 4.51. The van der Waals surface area contributed by atoms with Crippen LogP contribution in [0.4, 0.5) is 5.95 Å². The molecule has 0 aliphatic rings. The van der Waals surface area contributed by atoms with Gasteiger partial charge in [0.05, 0.1) is 6.04 Å². The second kappa shape index (κ2) is 5.56. The molecule has 1 aromatic carbocycles. The lowest BCUT2D eigenvalue weighted by Crippen LogP contribution is -2.08. The lowest BCUT2D eigenvalue weighted by Gasteiger charge is -2.13. The first-order chi connectivity index (χ1) is 10.2. The molecule has 3 rings (SSSR count). The van der Waals surface area contributed by atoms with Crippen molar-refractivity contribution in [2.45, 2.75) is 33.2 Å². The number of pyridine rings is 1. The first-order valence-corrected chi connectivity index (χ1v) is 7.34. The number of nitrogens with zero attached hydrogens (tertiary/aromatic N) is 3. The standard InChI is InChI=1S/C17H20N4/c1-4-14-5-7-15(8-6-14)13(3)18-17-19-16-11-12(2)9-10-21(16)20-17/h5-11,13H,4H2,1-3H3,(H,18,20). The Kier molecular flexibility index (Phi) is 3.60. The molecule has 0 aliphatic carbocycles. The lowest BCUT2D eigenvalue weighted by atomic mass is 10.1. The molecule has 0 amide bonds. The van der Waals surface area contributed by atoms with Crippen LogP contribution in [0.1, 0.15) is 36.6 Å². The van der Waals surface area contributed by atoms with Crippen LogP contribution in [0.15, 0.2) is 42.6 Å². The van der Waals surface area contributed by atoms with Crippen molar-refractivity contribution < 1.29 is 0 Å². The molecule has 1 atom stereocenters. The van der Waals surface area contributed by atoms with Crippen molar-refractivity contribution in [2.75, 3.05) is 5.32 Å². The van der Waals surface area contributed by atoms with Crippen LogP contribution in [-0.2, 0) is 6.42 Å². The molecule has 108 valence electrons. The third-order valence-electron chi connectivity index (χ3n) is 3.73. The van der Waals surface area contributed by atoms with Crippen molar-refractivity contribution in [1.29, 1.82) is 0 Å². The molecule has 4 heteroatoms. The number of hydrogen-bond acceptors (Lipinski definition) is 3. The van der Waals surface area contributed by atoms with Gasteiger partial charge in [0.2, 0.25) is 5.95 Å². The zero-order valence-electron chi connectivity index (χ0n) is 12.7. The summed E-state index contributed by atoms with van der Waals surface area (Å²) in [4.78, 5) is 4.51. The van der Waals surface area contributed by atoms with Gasteiger partial charge in [-0.15, -0.1) is 5.10 Å². The second-order valence-corrected chi connectivity index (χ2v) is 5.40. The highest BCUT2D eigenvalue weighted by Gasteiger charge is 2.09. The fourth-order valence-electron chi connectivity index (χ4n) is 2.36. The Morgan fingerprint density at radius 3 is 2.67 bits per heavy atom. The summed E-state index contributed by atoms with van der Waals surface area (Å²) in [6, 6.07) is 12.9. The Balaban J connectivity index is 1.79. The van der Waals surface area contributed by atoms with Crippen LogP contribution < -0.4 is 5.32 Å². The largest absolute Gasteiger partial charge is 0.346 e. The van der Waals surface area contributed by atoms with Crippen LogP contribution in [0.25, 0.3) is 5.65 Å². The molecule has 0 fully saturated rings. The molecular formula is C17H20N4. The van der Waals surface area contributed by atoms with Crippen LogP contribution in [0.3, 0.4) is 0 Å². The normalized spacial score (nSPS) is 12.5. The summed E-state index contributed by atoms with van der Waals surface area (Å²) in [7, 11) is 0. The van der Waals surface area contributed by atoms with Gasteiger partial charge in [-0.3, -0.25) is 0 Å². The van der Waals surface area contributed by atoms with Gasteiger partial charge in [0.25, 0.3) is 0 Å². The van der Waals surface area contributed by atoms with Crippen LogP contribution >= 0.6 is 0 Å².